The standard InChI is InChI=1S/C16H23F3N2/c1-20-13-7-9-14(10-8-13)21(2)11-12-5-3-4-6-15(12)16(17,18)19/h3-6,13-14,20H,7-11H2,1-2H3. The number of rotatable bonds is 4. The van der Waals surface area contributed by atoms with Crippen molar-refractivity contribution in [1.29, 1.82) is 0 Å². The number of nitrogens with one attached hydrogen (secondary N) is 1. The molecule has 5 heteroatoms. The normalized spacial score (nSPS) is 23.5. The highest BCUT2D eigenvalue weighted by Crippen LogP contribution is 2.33. The molecule has 0 amide bonds. The molecule has 0 radical (unpaired) electrons. The van der Waals surface area contributed by atoms with Crippen molar-refractivity contribution in [2.45, 2.75) is 50.5 Å². The van der Waals surface area contributed by atoms with Gasteiger partial charge in [0.05, 0.1) is 5.56 Å². The first kappa shape index (κ1) is 16.3. The third-order valence-corrected chi connectivity index (χ3v) is 4.47. The molecule has 1 aliphatic carbocycles. The number of benzene rings is 1. The summed E-state index contributed by atoms with van der Waals surface area (Å²) in [6, 6.07) is 6.80. The number of hydrogen-bond donors (Lipinski definition) is 1. The molecule has 2 rings (SSSR count). The number of hydrogen-bond acceptors (Lipinski definition) is 2. The fourth-order valence-corrected chi connectivity index (χ4v) is 3.14. The van der Waals surface area contributed by atoms with Crippen LogP contribution in [0.5, 0.6) is 0 Å². The average molecular weight is 300 g/mol. The van der Waals surface area contributed by atoms with E-state index in [0.29, 0.717) is 24.2 Å². The maximum Gasteiger partial charge on any atom is 0.416 e. The monoisotopic (exact) mass is 300 g/mol. The fraction of sp³-hybridized carbons (Fsp3) is 0.625. The summed E-state index contributed by atoms with van der Waals surface area (Å²) < 4.78 is 39.0. The second-order valence-electron chi connectivity index (χ2n) is 5.86. The van der Waals surface area contributed by atoms with Gasteiger partial charge in [0.15, 0.2) is 0 Å². The SMILES string of the molecule is CNC1CCC(N(C)Cc2ccccc2C(F)(F)F)CC1. The quantitative estimate of drug-likeness (QED) is 0.913. The van der Waals surface area contributed by atoms with Crippen LogP contribution in [-0.4, -0.2) is 31.1 Å². The van der Waals surface area contributed by atoms with Crippen molar-refractivity contribution < 1.29 is 13.2 Å². The van der Waals surface area contributed by atoms with Crippen molar-refractivity contribution in [3.8, 4) is 0 Å². The number of alkyl halides is 3. The van der Waals surface area contributed by atoms with Crippen molar-refractivity contribution in [1.82, 2.24) is 10.2 Å². The molecule has 0 aliphatic heterocycles. The zero-order valence-electron chi connectivity index (χ0n) is 12.6. The Labute approximate surface area is 124 Å². The van der Waals surface area contributed by atoms with Gasteiger partial charge >= 0.3 is 6.18 Å². The van der Waals surface area contributed by atoms with Crippen molar-refractivity contribution >= 4 is 0 Å². The predicted octanol–water partition coefficient (Wildman–Crippen LogP) is 3.67. The average Bonchev–Trinajstić information content (AvgIpc) is 2.47. The molecule has 21 heavy (non-hydrogen) atoms. The minimum Gasteiger partial charge on any atom is -0.317 e. The molecule has 1 aromatic carbocycles. The molecule has 118 valence electrons. The Morgan fingerprint density at radius 2 is 1.76 bits per heavy atom. The summed E-state index contributed by atoms with van der Waals surface area (Å²) in [6.45, 7) is 0.352. The molecule has 0 unspecified atom stereocenters. The first-order valence-electron chi connectivity index (χ1n) is 7.44. The predicted molar refractivity (Wildman–Crippen MR) is 78.0 cm³/mol. The second-order valence-corrected chi connectivity index (χ2v) is 5.86. The van der Waals surface area contributed by atoms with E-state index in [9.17, 15) is 13.2 Å². The van der Waals surface area contributed by atoms with E-state index in [1.165, 1.54) is 12.1 Å². The lowest BCUT2D eigenvalue weighted by molar-refractivity contribution is -0.138. The van der Waals surface area contributed by atoms with E-state index in [-0.39, 0.29) is 0 Å². The van der Waals surface area contributed by atoms with Gasteiger partial charge in [0.25, 0.3) is 0 Å². The van der Waals surface area contributed by atoms with Gasteiger partial charge in [-0.2, -0.15) is 13.2 Å². The Balaban J connectivity index is 2.02. The van der Waals surface area contributed by atoms with Crippen LogP contribution >= 0.6 is 0 Å². The first-order chi connectivity index (χ1) is 9.91. The van der Waals surface area contributed by atoms with Crippen LogP contribution in [0.1, 0.15) is 36.8 Å². The zero-order valence-corrected chi connectivity index (χ0v) is 12.6. The van der Waals surface area contributed by atoms with Crippen molar-refractivity contribution in [2.24, 2.45) is 0 Å². The van der Waals surface area contributed by atoms with Crippen molar-refractivity contribution in [3.05, 3.63) is 35.4 Å². The topological polar surface area (TPSA) is 15.3 Å². The summed E-state index contributed by atoms with van der Waals surface area (Å²) in [4.78, 5) is 2.07. The molecule has 1 aromatic rings. The Hall–Kier alpha value is -1.07. The number of halogens is 3. The van der Waals surface area contributed by atoms with Crippen LogP contribution < -0.4 is 5.32 Å². The number of nitrogens with zero attached hydrogens (tertiary/aromatic N) is 1. The Bertz CT molecular complexity index is 451. The van der Waals surface area contributed by atoms with Gasteiger partial charge in [-0.1, -0.05) is 18.2 Å². The highest BCUT2D eigenvalue weighted by molar-refractivity contribution is 5.29. The Kier molecular flexibility index (Phi) is 5.27. The molecule has 0 heterocycles. The van der Waals surface area contributed by atoms with Gasteiger partial charge in [-0.05, 0) is 51.4 Å². The minimum absolute atomic E-state index is 0.352. The summed E-state index contributed by atoms with van der Waals surface area (Å²) in [5, 5.41) is 3.27. The summed E-state index contributed by atoms with van der Waals surface area (Å²) in [5.41, 5.74) is -0.149. The van der Waals surface area contributed by atoms with Gasteiger partial charge in [-0.15, -0.1) is 0 Å². The molecule has 0 bridgehead atoms. The summed E-state index contributed by atoms with van der Waals surface area (Å²) in [6.07, 6.45) is -0.0214. The molecule has 1 fully saturated rings. The molecular formula is C16H23F3N2. The van der Waals surface area contributed by atoms with E-state index in [0.717, 1.165) is 25.7 Å². The van der Waals surface area contributed by atoms with Gasteiger partial charge in [0, 0.05) is 18.6 Å². The molecule has 1 N–H and O–H groups in total. The Morgan fingerprint density at radius 1 is 1.14 bits per heavy atom. The van der Waals surface area contributed by atoms with E-state index in [1.807, 2.05) is 14.1 Å². The van der Waals surface area contributed by atoms with Crippen LogP contribution in [0.2, 0.25) is 0 Å². The molecule has 2 nitrogen and oxygen atoms in total. The van der Waals surface area contributed by atoms with Gasteiger partial charge in [0.1, 0.15) is 0 Å². The molecule has 1 saturated carbocycles. The summed E-state index contributed by atoms with van der Waals surface area (Å²) in [7, 11) is 3.89. The maximum atomic E-state index is 13.0. The van der Waals surface area contributed by atoms with Gasteiger partial charge in [0.2, 0.25) is 0 Å². The van der Waals surface area contributed by atoms with Crippen molar-refractivity contribution in [3.63, 3.8) is 0 Å². The van der Waals surface area contributed by atoms with E-state index in [4.69, 9.17) is 0 Å². The third kappa shape index (κ3) is 4.20. The van der Waals surface area contributed by atoms with E-state index >= 15 is 0 Å². The van der Waals surface area contributed by atoms with Gasteiger partial charge in [-0.3, -0.25) is 4.90 Å². The van der Waals surface area contributed by atoms with Crippen LogP contribution in [0.15, 0.2) is 24.3 Å². The smallest absolute Gasteiger partial charge is 0.317 e. The van der Waals surface area contributed by atoms with E-state index in [2.05, 4.69) is 10.2 Å². The second kappa shape index (κ2) is 6.79. The summed E-state index contributed by atoms with van der Waals surface area (Å²) in [5.74, 6) is 0. The van der Waals surface area contributed by atoms with Gasteiger partial charge < -0.3 is 5.32 Å². The summed E-state index contributed by atoms with van der Waals surface area (Å²) >= 11 is 0. The largest absolute Gasteiger partial charge is 0.416 e. The Morgan fingerprint density at radius 3 is 2.33 bits per heavy atom. The van der Waals surface area contributed by atoms with Gasteiger partial charge in [-0.25, -0.2) is 0 Å². The minimum atomic E-state index is -4.28. The third-order valence-electron chi connectivity index (χ3n) is 4.47. The van der Waals surface area contributed by atoms with Crippen LogP contribution in [0.25, 0.3) is 0 Å². The van der Waals surface area contributed by atoms with Crippen molar-refractivity contribution in [2.75, 3.05) is 14.1 Å². The molecule has 0 atom stereocenters. The highest BCUT2D eigenvalue weighted by Gasteiger charge is 2.33. The first-order valence-corrected chi connectivity index (χ1v) is 7.44. The van der Waals surface area contributed by atoms with E-state index in [1.54, 1.807) is 12.1 Å². The lowest BCUT2D eigenvalue weighted by atomic mass is 9.90. The zero-order chi connectivity index (χ0) is 15.5. The van der Waals surface area contributed by atoms with Crippen LogP contribution in [0, 0.1) is 0 Å². The molecular weight excluding hydrogens is 277 g/mol. The molecule has 0 saturated heterocycles. The lowest BCUT2D eigenvalue weighted by Gasteiger charge is -2.35. The van der Waals surface area contributed by atoms with Crippen LogP contribution in [0.3, 0.4) is 0 Å². The van der Waals surface area contributed by atoms with Crippen LogP contribution in [-0.2, 0) is 12.7 Å². The highest BCUT2D eigenvalue weighted by atomic mass is 19.4. The lowest BCUT2D eigenvalue weighted by Crippen LogP contribution is -2.39. The maximum absolute atomic E-state index is 13.0. The van der Waals surface area contributed by atoms with Crippen LogP contribution in [0.4, 0.5) is 13.2 Å². The van der Waals surface area contributed by atoms with E-state index < -0.39 is 11.7 Å². The fourth-order valence-electron chi connectivity index (χ4n) is 3.14. The molecule has 1 aliphatic rings. The molecule has 0 aromatic heterocycles. The molecule has 0 spiro atoms.